The van der Waals surface area contributed by atoms with E-state index in [1.165, 1.54) is 6.07 Å². The number of benzene rings is 1. The van der Waals surface area contributed by atoms with Crippen LogP contribution in [-0.4, -0.2) is 16.2 Å². The summed E-state index contributed by atoms with van der Waals surface area (Å²) >= 11 is 0. The molecule has 1 aliphatic carbocycles. The molecule has 1 aliphatic rings. The van der Waals surface area contributed by atoms with Gasteiger partial charge in [-0.2, -0.15) is 18.2 Å². The zero-order valence-corrected chi connectivity index (χ0v) is 14.4. The smallest absolute Gasteiger partial charge is 0.448 e. The van der Waals surface area contributed by atoms with E-state index in [-0.39, 0.29) is 17.5 Å². The van der Waals surface area contributed by atoms with Crippen molar-refractivity contribution in [2.24, 2.45) is 0 Å². The van der Waals surface area contributed by atoms with E-state index in [0.29, 0.717) is 12.1 Å². The van der Waals surface area contributed by atoms with Gasteiger partial charge in [-0.25, -0.2) is 0 Å². The number of hydrogen-bond donors (Lipinski definition) is 2. The lowest BCUT2D eigenvalue weighted by molar-refractivity contribution is -0.152. The minimum Gasteiger partial charge on any atom is -0.448 e. The SMILES string of the molecule is Cc1nc(NC2c3ccccc3CC[C@H]2O)oc1-c1ccc(C(F)(F)F)o1. The van der Waals surface area contributed by atoms with Crippen LogP contribution in [0.3, 0.4) is 0 Å². The molecule has 2 N–H and O–H groups in total. The Hall–Kier alpha value is -2.74. The summed E-state index contributed by atoms with van der Waals surface area (Å²) in [6.45, 7) is 1.62. The fourth-order valence-electron chi connectivity index (χ4n) is 3.35. The molecule has 5 nitrogen and oxygen atoms in total. The average Bonchev–Trinajstić information content (AvgIpc) is 3.24. The number of hydrogen-bond acceptors (Lipinski definition) is 5. The third-order valence-corrected chi connectivity index (χ3v) is 4.67. The molecule has 1 aromatic carbocycles. The number of halogens is 3. The van der Waals surface area contributed by atoms with Crippen molar-refractivity contribution in [2.45, 2.75) is 38.1 Å². The third kappa shape index (κ3) is 3.32. The molecule has 2 heterocycles. The minimum atomic E-state index is -4.57. The zero-order valence-electron chi connectivity index (χ0n) is 14.4. The van der Waals surface area contributed by atoms with Gasteiger partial charge in [0.15, 0.2) is 11.5 Å². The number of oxazole rings is 1. The molecule has 0 saturated carbocycles. The van der Waals surface area contributed by atoms with Crippen LogP contribution >= 0.6 is 0 Å². The van der Waals surface area contributed by atoms with Crippen molar-refractivity contribution in [1.29, 1.82) is 0 Å². The summed E-state index contributed by atoms with van der Waals surface area (Å²) in [4.78, 5) is 4.23. The summed E-state index contributed by atoms with van der Waals surface area (Å²) in [5.74, 6) is -1.03. The predicted molar refractivity (Wildman–Crippen MR) is 91.1 cm³/mol. The van der Waals surface area contributed by atoms with Gasteiger partial charge in [0, 0.05) is 0 Å². The van der Waals surface area contributed by atoms with Gasteiger partial charge in [0.05, 0.1) is 17.8 Å². The zero-order chi connectivity index (χ0) is 19.2. The molecule has 142 valence electrons. The van der Waals surface area contributed by atoms with E-state index in [9.17, 15) is 18.3 Å². The van der Waals surface area contributed by atoms with Crippen molar-refractivity contribution in [1.82, 2.24) is 4.98 Å². The molecule has 0 fully saturated rings. The molecule has 0 saturated heterocycles. The monoisotopic (exact) mass is 378 g/mol. The highest BCUT2D eigenvalue weighted by molar-refractivity contribution is 5.55. The van der Waals surface area contributed by atoms with Gasteiger partial charge in [-0.05, 0) is 43.0 Å². The molecular formula is C19H17F3N2O3. The van der Waals surface area contributed by atoms with Gasteiger partial charge in [0.1, 0.15) is 0 Å². The number of fused-ring (bicyclic) bond motifs is 1. The largest absolute Gasteiger partial charge is 0.449 e. The summed E-state index contributed by atoms with van der Waals surface area (Å²) in [7, 11) is 0. The Kier molecular flexibility index (Phi) is 4.22. The summed E-state index contributed by atoms with van der Waals surface area (Å²) in [6.07, 6.45) is -3.83. The molecule has 0 radical (unpaired) electrons. The van der Waals surface area contributed by atoms with Crippen LogP contribution in [0.2, 0.25) is 0 Å². The molecule has 27 heavy (non-hydrogen) atoms. The summed E-state index contributed by atoms with van der Waals surface area (Å²) in [5.41, 5.74) is 2.47. The Labute approximate surface area is 152 Å². The molecule has 0 spiro atoms. The van der Waals surface area contributed by atoms with E-state index in [2.05, 4.69) is 10.3 Å². The lowest BCUT2D eigenvalue weighted by Gasteiger charge is -2.30. The predicted octanol–water partition coefficient (Wildman–Crippen LogP) is 4.72. The Bertz CT molecular complexity index is 961. The second kappa shape index (κ2) is 6.45. The van der Waals surface area contributed by atoms with Crippen molar-refractivity contribution in [3.63, 3.8) is 0 Å². The first kappa shape index (κ1) is 17.7. The van der Waals surface area contributed by atoms with Crippen molar-refractivity contribution in [2.75, 3.05) is 5.32 Å². The number of anilines is 1. The molecule has 0 amide bonds. The van der Waals surface area contributed by atoms with Crippen LogP contribution in [0.4, 0.5) is 19.2 Å². The molecule has 2 aromatic heterocycles. The summed E-state index contributed by atoms with van der Waals surface area (Å²) in [6, 6.07) is 9.51. The number of aliphatic hydroxyl groups excluding tert-OH is 1. The minimum absolute atomic E-state index is 0.0510. The molecule has 1 unspecified atom stereocenters. The van der Waals surface area contributed by atoms with Crippen LogP contribution in [0.15, 0.2) is 45.2 Å². The van der Waals surface area contributed by atoms with Gasteiger partial charge in [-0.1, -0.05) is 24.3 Å². The van der Waals surface area contributed by atoms with E-state index < -0.39 is 24.1 Å². The van der Waals surface area contributed by atoms with Crippen LogP contribution < -0.4 is 5.32 Å². The van der Waals surface area contributed by atoms with Gasteiger partial charge >= 0.3 is 6.18 Å². The highest BCUT2D eigenvalue weighted by Crippen LogP contribution is 2.37. The Morgan fingerprint density at radius 2 is 1.93 bits per heavy atom. The second-order valence-corrected chi connectivity index (χ2v) is 6.52. The number of nitrogens with one attached hydrogen (secondary N) is 1. The number of alkyl halides is 3. The molecule has 0 bridgehead atoms. The van der Waals surface area contributed by atoms with Crippen LogP contribution in [-0.2, 0) is 12.6 Å². The summed E-state index contributed by atoms with van der Waals surface area (Å²) in [5, 5.41) is 13.5. The van der Waals surface area contributed by atoms with E-state index in [4.69, 9.17) is 8.83 Å². The fraction of sp³-hybridized carbons (Fsp3) is 0.316. The maximum absolute atomic E-state index is 12.7. The van der Waals surface area contributed by atoms with Crippen molar-refractivity contribution < 1.29 is 27.1 Å². The quantitative estimate of drug-likeness (QED) is 0.690. The highest BCUT2D eigenvalue weighted by atomic mass is 19.4. The van der Waals surface area contributed by atoms with Crippen molar-refractivity contribution in [3.05, 3.63) is 59.0 Å². The van der Waals surface area contributed by atoms with Crippen LogP contribution in [0.25, 0.3) is 11.5 Å². The second-order valence-electron chi connectivity index (χ2n) is 6.52. The number of aryl methyl sites for hydroxylation is 2. The Morgan fingerprint density at radius 3 is 2.67 bits per heavy atom. The normalized spacial score (nSPS) is 19.7. The van der Waals surface area contributed by atoms with E-state index in [0.717, 1.165) is 23.6 Å². The van der Waals surface area contributed by atoms with Gasteiger partial charge in [-0.3, -0.25) is 0 Å². The molecule has 8 heteroatoms. The lowest BCUT2D eigenvalue weighted by Crippen LogP contribution is -2.30. The number of nitrogens with zero attached hydrogens (tertiary/aromatic N) is 1. The maximum atomic E-state index is 12.7. The Balaban J connectivity index is 1.62. The van der Waals surface area contributed by atoms with Crippen molar-refractivity contribution in [3.8, 4) is 11.5 Å². The van der Waals surface area contributed by atoms with E-state index in [1.807, 2.05) is 24.3 Å². The highest BCUT2D eigenvalue weighted by Gasteiger charge is 2.35. The molecule has 4 rings (SSSR count). The molecule has 3 aromatic rings. The first-order valence-corrected chi connectivity index (χ1v) is 8.50. The number of aliphatic hydroxyl groups is 1. The molecule has 2 atom stereocenters. The third-order valence-electron chi connectivity index (χ3n) is 4.67. The standard InChI is InChI=1S/C19H17F3N2O3/c1-10-17(14-8-9-15(26-14)19(20,21)22)27-18(23-10)24-16-12-5-3-2-4-11(12)6-7-13(16)25/h2-5,8-9,13,16,25H,6-7H2,1H3,(H,23,24)/t13-,16?/m1/s1. The molecule has 0 aliphatic heterocycles. The van der Waals surface area contributed by atoms with Gasteiger partial charge in [0.25, 0.3) is 6.01 Å². The first-order valence-electron chi connectivity index (χ1n) is 8.50. The van der Waals surface area contributed by atoms with Gasteiger partial charge in [-0.15, -0.1) is 0 Å². The average molecular weight is 378 g/mol. The van der Waals surface area contributed by atoms with Crippen molar-refractivity contribution >= 4 is 6.01 Å². The van der Waals surface area contributed by atoms with Gasteiger partial charge < -0.3 is 19.3 Å². The van der Waals surface area contributed by atoms with Gasteiger partial charge in [0.2, 0.25) is 5.76 Å². The molecular weight excluding hydrogens is 361 g/mol. The van der Waals surface area contributed by atoms with Crippen LogP contribution in [0.5, 0.6) is 0 Å². The number of furan rings is 1. The van der Waals surface area contributed by atoms with E-state index >= 15 is 0 Å². The first-order chi connectivity index (χ1) is 12.8. The number of rotatable bonds is 3. The topological polar surface area (TPSA) is 71.4 Å². The van der Waals surface area contributed by atoms with E-state index in [1.54, 1.807) is 6.92 Å². The van der Waals surface area contributed by atoms with Crippen LogP contribution in [0, 0.1) is 6.92 Å². The van der Waals surface area contributed by atoms with Crippen LogP contribution in [0.1, 0.15) is 35.0 Å². The number of aromatic nitrogens is 1. The fourth-order valence-corrected chi connectivity index (χ4v) is 3.35. The lowest BCUT2D eigenvalue weighted by atomic mass is 9.86. The maximum Gasteiger partial charge on any atom is 0.449 e. The summed E-state index contributed by atoms with van der Waals surface area (Å²) < 4.78 is 48.7. The Morgan fingerprint density at radius 1 is 1.15 bits per heavy atom.